The Morgan fingerprint density at radius 3 is 2.42 bits per heavy atom. The highest BCUT2D eigenvalue weighted by molar-refractivity contribution is 5.51. The molecule has 0 unspecified atom stereocenters. The lowest BCUT2D eigenvalue weighted by molar-refractivity contribution is -0.384. The van der Waals surface area contributed by atoms with E-state index in [1.807, 2.05) is 12.1 Å². The van der Waals surface area contributed by atoms with Crippen LogP contribution in [0.5, 0.6) is 0 Å². The van der Waals surface area contributed by atoms with Gasteiger partial charge in [0.25, 0.3) is 5.69 Å². The van der Waals surface area contributed by atoms with Crippen LogP contribution in [0.3, 0.4) is 0 Å². The molecule has 0 aliphatic carbocycles. The average molecular weight is 262 g/mol. The Balaban J connectivity index is 1.88. The summed E-state index contributed by atoms with van der Waals surface area (Å²) < 4.78 is 0. The molecule has 4 heteroatoms. The molecule has 4 nitrogen and oxygen atoms in total. The van der Waals surface area contributed by atoms with Crippen molar-refractivity contribution in [1.82, 2.24) is 0 Å². The van der Waals surface area contributed by atoms with E-state index in [-0.39, 0.29) is 10.6 Å². The standard InChI is InChI=1S/C15H22N2O2/c1-2-3-4-13-9-11-16(12-10-13)14-5-7-15(8-6-14)17(18)19/h5-8,13H,2-4,9-12H2,1H3. The quantitative estimate of drug-likeness (QED) is 0.595. The van der Waals surface area contributed by atoms with E-state index in [1.54, 1.807) is 12.1 Å². The van der Waals surface area contributed by atoms with Gasteiger partial charge < -0.3 is 4.90 Å². The zero-order chi connectivity index (χ0) is 13.7. The maximum Gasteiger partial charge on any atom is 0.269 e. The molecule has 19 heavy (non-hydrogen) atoms. The maximum absolute atomic E-state index is 10.6. The zero-order valence-corrected chi connectivity index (χ0v) is 11.5. The fourth-order valence-corrected chi connectivity index (χ4v) is 2.76. The third-order valence-corrected chi connectivity index (χ3v) is 4.01. The lowest BCUT2D eigenvalue weighted by atomic mass is 9.91. The predicted molar refractivity (Wildman–Crippen MR) is 77.6 cm³/mol. The van der Waals surface area contributed by atoms with Crippen LogP contribution in [-0.4, -0.2) is 18.0 Å². The SMILES string of the molecule is CCCCC1CCN(c2ccc([N+](=O)[O-])cc2)CC1. The largest absolute Gasteiger partial charge is 0.372 e. The van der Waals surface area contributed by atoms with E-state index in [4.69, 9.17) is 0 Å². The molecule has 1 heterocycles. The summed E-state index contributed by atoms with van der Waals surface area (Å²) in [7, 11) is 0. The van der Waals surface area contributed by atoms with Crippen LogP contribution in [0.2, 0.25) is 0 Å². The number of hydrogen-bond donors (Lipinski definition) is 0. The van der Waals surface area contributed by atoms with Crippen molar-refractivity contribution in [2.45, 2.75) is 39.0 Å². The van der Waals surface area contributed by atoms with Gasteiger partial charge in [-0.3, -0.25) is 10.1 Å². The number of nitrogens with zero attached hydrogens (tertiary/aromatic N) is 2. The molecule has 1 aliphatic heterocycles. The fourth-order valence-electron chi connectivity index (χ4n) is 2.76. The first-order chi connectivity index (χ1) is 9.20. The van der Waals surface area contributed by atoms with Crippen molar-refractivity contribution >= 4 is 11.4 Å². The molecule has 104 valence electrons. The summed E-state index contributed by atoms with van der Waals surface area (Å²) in [6.07, 6.45) is 6.46. The van der Waals surface area contributed by atoms with Crippen molar-refractivity contribution in [1.29, 1.82) is 0 Å². The topological polar surface area (TPSA) is 46.4 Å². The second kappa shape index (κ2) is 6.55. The van der Waals surface area contributed by atoms with Gasteiger partial charge >= 0.3 is 0 Å². The van der Waals surface area contributed by atoms with Gasteiger partial charge in [-0.2, -0.15) is 0 Å². The van der Waals surface area contributed by atoms with Crippen molar-refractivity contribution in [2.75, 3.05) is 18.0 Å². The van der Waals surface area contributed by atoms with Crippen LogP contribution >= 0.6 is 0 Å². The number of non-ortho nitro benzene ring substituents is 1. The summed E-state index contributed by atoms with van der Waals surface area (Å²) in [5.41, 5.74) is 1.28. The molecule has 0 bridgehead atoms. The monoisotopic (exact) mass is 262 g/mol. The number of anilines is 1. The van der Waals surface area contributed by atoms with Crippen molar-refractivity contribution in [3.05, 3.63) is 34.4 Å². The van der Waals surface area contributed by atoms with Crippen molar-refractivity contribution in [2.24, 2.45) is 5.92 Å². The number of nitro benzene ring substituents is 1. The number of benzene rings is 1. The number of unbranched alkanes of at least 4 members (excludes halogenated alkanes) is 1. The second-order valence-corrected chi connectivity index (χ2v) is 5.35. The summed E-state index contributed by atoms with van der Waals surface area (Å²) in [5, 5.41) is 10.6. The average Bonchev–Trinajstić information content (AvgIpc) is 2.46. The van der Waals surface area contributed by atoms with Crippen molar-refractivity contribution in [3.63, 3.8) is 0 Å². The highest BCUT2D eigenvalue weighted by Gasteiger charge is 2.19. The third kappa shape index (κ3) is 3.69. The smallest absolute Gasteiger partial charge is 0.269 e. The van der Waals surface area contributed by atoms with Gasteiger partial charge in [0.1, 0.15) is 0 Å². The van der Waals surface area contributed by atoms with Crippen molar-refractivity contribution in [3.8, 4) is 0 Å². The molecule has 0 N–H and O–H groups in total. The van der Waals surface area contributed by atoms with Gasteiger partial charge in [-0.15, -0.1) is 0 Å². The van der Waals surface area contributed by atoms with E-state index >= 15 is 0 Å². The Kier molecular flexibility index (Phi) is 4.77. The van der Waals surface area contributed by atoms with E-state index in [0.717, 1.165) is 24.7 Å². The molecular weight excluding hydrogens is 240 g/mol. The first-order valence-electron chi connectivity index (χ1n) is 7.20. The van der Waals surface area contributed by atoms with Gasteiger partial charge in [-0.05, 0) is 30.9 Å². The number of nitro groups is 1. The first kappa shape index (κ1) is 13.8. The van der Waals surface area contributed by atoms with Crippen LogP contribution in [0.1, 0.15) is 39.0 Å². The van der Waals surface area contributed by atoms with Gasteiger partial charge in [0.05, 0.1) is 4.92 Å². The molecule has 0 aromatic heterocycles. The van der Waals surface area contributed by atoms with E-state index in [1.165, 1.54) is 32.1 Å². The Bertz CT molecular complexity index is 409. The highest BCUT2D eigenvalue weighted by atomic mass is 16.6. The minimum absolute atomic E-state index is 0.168. The Hall–Kier alpha value is -1.58. The summed E-state index contributed by atoms with van der Waals surface area (Å²) in [6, 6.07) is 6.92. The Morgan fingerprint density at radius 2 is 1.89 bits per heavy atom. The zero-order valence-electron chi connectivity index (χ0n) is 11.5. The molecule has 0 saturated carbocycles. The molecule has 0 radical (unpaired) electrons. The van der Waals surface area contributed by atoms with Gasteiger partial charge in [-0.25, -0.2) is 0 Å². The molecule has 0 atom stereocenters. The summed E-state index contributed by atoms with van der Waals surface area (Å²) >= 11 is 0. The number of rotatable bonds is 5. The van der Waals surface area contributed by atoms with Crippen LogP contribution < -0.4 is 4.90 Å². The molecule has 1 aliphatic rings. The summed E-state index contributed by atoms with van der Waals surface area (Å²) in [4.78, 5) is 12.6. The highest BCUT2D eigenvalue weighted by Crippen LogP contribution is 2.27. The molecule has 1 fully saturated rings. The maximum atomic E-state index is 10.6. The predicted octanol–water partition coefficient (Wildman–Crippen LogP) is 4.00. The number of piperidine rings is 1. The van der Waals surface area contributed by atoms with Crippen LogP contribution in [-0.2, 0) is 0 Å². The third-order valence-electron chi connectivity index (χ3n) is 4.01. The molecule has 2 rings (SSSR count). The van der Waals surface area contributed by atoms with Crippen molar-refractivity contribution < 1.29 is 4.92 Å². The van der Waals surface area contributed by atoms with E-state index in [9.17, 15) is 10.1 Å². The molecule has 1 aromatic carbocycles. The lowest BCUT2D eigenvalue weighted by Gasteiger charge is -2.33. The first-order valence-corrected chi connectivity index (χ1v) is 7.20. The van der Waals surface area contributed by atoms with Crippen LogP contribution in [0.25, 0.3) is 0 Å². The lowest BCUT2D eigenvalue weighted by Crippen LogP contribution is -2.33. The molecular formula is C15H22N2O2. The molecule has 0 spiro atoms. The van der Waals surface area contributed by atoms with Gasteiger partial charge in [-0.1, -0.05) is 26.2 Å². The summed E-state index contributed by atoms with van der Waals surface area (Å²) in [6.45, 7) is 4.39. The minimum Gasteiger partial charge on any atom is -0.372 e. The van der Waals surface area contributed by atoms with Gasteiger partial charge in [0, 0.05) is 30.9 Å². The van der Waals surface area contributed by atoms with E-state index in [2.05, 4.69) is 11.8 Å². The molecule has 1 saturated heterocycles. The van der Waals surface area contributed by atoms with E-state index in [0.29, 0.717) is 0 Å². The minimum atomic E-state index is -0.346. The van der Waals surface area contributed by atoms with Crippen LogP contribution in [0.15, 0.2) is 24.3 Å². The van der Waals surface area contributed by atoms with Crippen LogP contribution in [0, 0.1) is 16.0 Å². The molecule has 0 amide bonds. The summed E-state index contributed by atoms with van der Waals surface area (Å²) in [5.74, 6) is 0.870. The molecule has 1 aromatic rings. The van der Waals surface area contributed by atoms with Crippen LogP contribution in [0.4, 0.5) is 11.4 Å². The Morgan fingerprint density at radius 1 is 1.26 bits per heavy atom. The number of hydrogen-bond acceptors (Lipinski definition) is 3. The van der Waals surface area contributed by atoms with E-state index < -0.39 is 0 Å². The van der Waals surface area contributed by atoms with Gasteiger partial charge in [0.15, 0.2) is 0 Å². The normalized spacial score (nSPS) is 16.6. The Labute approximate surface area is 114 Å². The van der Waals surface area contributed by atoms with Gasteiger partial charge in [0.2, 0.25) is 0 Å². The second-order valence-electron chi connectivity index (χ2n) is 5.35. The fraction of sp³-hybridized carbons (Fsp3) is 0.600.